The van der Waals surface area contributed by atoms with Crippen LogP contribution < -0.4 is 10.1 Å². The molecular weight excluding hydrogens is 326 g/mol. The summed E-state index contributed by atoms with van der Waals surface area (Å²) in [5, 5.41) is 2.98. The van der Waals surface area contributed by atoms with E-state index < -0.39 is 0 Å². The monoisotopic (exact) mass is 353 g/mol. The maximum atomic E-state index is 12.4. The number of carbonyl (C=O) groups is 1. The van der Waals surface area contributed by atoms with Gasteiger partial charge in [0.25, 0.3) is 5.91 Å². The maximum Gasteiger partial charge on any atom is 0.251 e. The van der Waals surface area contributed by atoms with Crippen LogP contribution in [0.2, 0.25) is 0 Å². The minimum Gasteiger partial charge on any atom is -0.494 e. The number of hydrogen-bond acceptors (Lipinski definition) is 3. The molecule has 1 N–H and O–H groups in total. The topological polar surface area (TPSA) is 47.6 Å². The lowest BCUT2D eigenvalue weighted by molar-refractivity contribution is 0.0411. The van der Waals surface area contributed by atoms with Crippen LogP contribution in [0.4, 0.5) is 0 Å². The zero-order chi connectivity index (χ0) is 18.4. The fourth-order valence-corrected chi connectivity index (χ4v) is 3.05. The third-order valence-electron chi connectivity index (χ3n) is 4.62. The van der Waals surface area contributed by atoms with E-state index in [0.29, 0.717) is 31.2 Å². The van der Waals surface area contributed by atoms with Crippen molar-refractivity contribution in [1.82, 2.24) is 5.32 Å². The third kappa shape index (κ3) is 4.85. The van der Waals surface area contributed by atoms with Crippen LogP contribution in [-0.4, -0.2) is 25.7 Å². The van der Waals surface area contributed by atoms with Crippen LogP contribution in [0.3, 0.4) is 0 Å². The highest BCUT2D eigenvalue weighted by Gasteiger charge is 2.21. The first-order valence-electron chi connectivity index (χ1n) is 9.34. The zero-order valence-corrected chi connectivity index (χ0v) is 15.5. The lowest BCUT2D eigenvalue weighted by atomic mass is 9.97. The highest BCUT2D eigenvalue weighted by atomic mass is 16.5. The van der Waals surface area contributed by atoms with Gasteiger partial charge in [0.1, 0.15) is 11.9 Å². The molecule has 26 heavy (non-hydrogen) atoms. The van der Waals surface area contributed by atoms with Gasteiger partial charge in [-0.25, -0.2) is 0 Å². The fourth-order valence-electron chi connectivity index (χ4n) is 3.05. The Morgan fingerprint density at radius 2 is 1.96 bits per heavy atom. The van der Waals surface area contributed by atoms with Crippen molar-refractivity contribution in [3.8, 4) is 5.75 Å². The minimum absolute atomic E-state index is 0.0810. The molecular formula is C22H27NO3. The van der Waals surface area contributed by atoms with E-state index >= 15 is 0 Å². The van der Waals surface area contributed by atoms with Gasteiger partial charge in [-0.15, -0.1) is 0 Å². The summed E-state index contributed by atoms with van der Waals surface area (Å²) in [6.07, 6.45) is 1.87. The van der Waals surface area contributed by atoms with Crippen molar-refractivity contribution in [1.29, 1.82) is 0 Å². The first-order chi connectivity index (χ1) is 12.6. The quantitative estimate of drug-likeness (QED) is 0.813. The van der Waals surface area contributed by atoms with E-state index in [1.54, 1.807) is 12.1 Å². The second-order valence-electron chi connectivity index (χ2n) is 7.07. The predicted octanol–water partition coefficient (Wildman–Crippen LogP) is 4.16. The van der Waals surface area contributed by atoms with E-state index in [2.05, 4.69) is 31.3 Å². The molecule has 1 aliphatic heterocycles. The molecule has 0 radical (unpaired) electrons. The normalized spacial score (nSPS) is 16.2. The van der Waals surface area contributed by atoms with Crippen molar-refractivity contribution in [2.24, 2.45) is 5.92 Å². The van der Waals surface area contributed by atoms with Crippen molar-refractivity contribution in [2.45, 2.75) is 32.8 Å². The minimum atomic E-state index is -0.0922. The summed E-state index contributed by atoms with van der Waals surface area (Å²) in [7, 11) is 0. The molecule has 3 rings (SSSR count). The van der Waals surface area contributed by atoms with Gasteiger partial charge in [-0.2, -0.15) is 0 Å². The number of rotatable bonds is 7. The summed E-state index contributed by atoms with van der Waals surface area (Å²) in [4.78, 5) is 12.4. The Kier molecular flexibility index (Phi) is 6.29. The van der Waals surface area contributed by atoms with Gasteiger partial charge in [0, 0.05) is 12.1 Å². The molecule has 138 valence electrons. The maximum absolute atomic E-state index is 12.4. The van der Waals surface area contributed by atoms with Crippen molar-refractivity contribution >= 4 is 5.91 Å². The standard InChI is InChI=1S/C22H27NO3/c1-16(2)11-13-25-19-9-7-18(8-10-19)22(24)23-15-21-20-6-4-3-5-17(20)12-14-26-21/h3-10,16,21H,11-15H2,1-2H3,(H,23,24)/t21-/m0/s1. The van der Waals surface area contributed by atoms with Crippen LogP contribution in [0.15, 0.2) is 48.5 Å². The SMILES string of the molecule is CC(C)CCOc1ccc(C(=O)NC[C@@H]2OCCc3ccccc32)cc1. The molecule has 0 saturated carbocycles. The summed E-state index contributed by atoms with van der Waals surface area (Å²) in [6.45, 7) is 6.21. The van der Waals surface area contributed by atoms with E-state index in [9.17, 15) is 4.79 Å². The van der Waals surface area contributed by atoms with E-state index in [4.69, 9.17) is 9.47 Å². The van der Waals surface area contributed by atoms with Crippen molar-refractivity contribution < 1.29 is 14.3 Å². The van der Waals surface area contributed by atoms with Crippen LogP contribution in [0.5, 0.6) is 5.75 Å². The summed E-state index contributed by atoms with van der Waals surface area (Å²) in [6, 6.07) is 15.6. The second-order valence-corrected chi connectivity index (χ2v) is 7.07. The van der Waals surface area contributed by atoms with Gasteiger partial charge in [-0.1, -0.05) is 38.1 Å². The summed E-state index contributed by atoms with van der Waals surface area (Å²) in [5.41, 5.74) is 3.11. The number of amides is 1. The molecule has 2 aromatic rings. The van der Waals surface area contributed by atoms with Crippen LogP contribution in [0.1, 0.15) is 47.9 Å². The molecule has 0 saturated heterocycles. The van der Waals surface area contributed by atoms with Gasteiger partial charge in [0.05, 0.1) is 13.2 Å². The first kappa shape index (κ1) is 18.5. The van der Waals surface area contributed by atoms with Crippen molar-refractivity contribution in [3.05, 3.63) is 65.2 Å². The van der Waals surface area contributed by atoms with E-state index in [1.807, 2.05) is 24.3 Å². The molecule has 1 amide bonds. The van der Waals surface area contributed by atoms with E-state index in [0.717, 1.165) is 18.6 Å². The number of hydrogen-bond donors (Lipinski definition) is 1. The highest BCUT2D eigenvalue weighted by molar-refractivity contribution is 5.94. The third-order valence-corrected chi connectivity index (χ3v) is 4.62. The van der Waals surface area contributed by atoms with E-state index in [-0.39, 0.29) is 12.0 Å². The molecule has 0 unspecified atom stereocenters. The zero-order valence-electron chi connectivity index (χ0n) is 15.5. The summed E-state index contributed by atoms with van der Waals surface area (Å²) >= 11 is 0. The van der Waals surface area contributed by atoms with Crippen LogP contribution in [-0.2, 0) is 11.2 Å². The van der Waals surface area contributed by atoms with Gasteiger partial charge in [-0.3, -0.25) is 4.79 Å². The van der Waals surface area contributed by atoms with Crippen molar-refractivity contribution in [3.63, 3.8) is 0 Å². The van der Waals surface area contributed by atoms with Gasteiger partial charge in [0.2, 0.25) is 0 Å². The molecule has 4 nitrogen and oxygen atoms in total. The number of ether oxygens (including phenoxy) is 2. The molecule has 1 heterocycles. The second kappa shape index (κ2) is 8.86. The first-order valence-corrected chi connectivity index (χ1v) is 9.34. The molecule has 0 bridgehead atoms. The molecule has 2 aromatic carbocycles. The summed E-state index contributed by atoms with van der Waals surface area (Å²) in [5.74, 6) is 1.32. The number of fused-ring (bicyclic) bond motifs is 1. The average Bonchev–Trinajstić information content (AvgIpc) is 2.66. The Balaban J connectivity index is 1.52. The smallest absolute Gasteiger partial charge is 0.251 e. The number of nitrogens with one attached hydrogen (secondary N) is 1. The molecule has 0 fully saturated rings. The van der Waals surface area contributed by atoms with Gasteiger partial charge < -0.3 is 14.8 Å². The Labute approximate surface area is 155 Å². The van der Waals surface area contributed by atoms with Crippen LogP contribution in [0, 0.1) is 5.92 Å². The Bertz CT molecular complexity index is 724. The fraction of sp³-hybridized carbons (Fsp3) is 0.409. The average molecular weight is 353 g/mol. The molecule has 0 aliphatic carbocycles. The van der Waals surface area contributed by atoms with Gasteiger partial charge in [-0.05, 0) is 54.2 Å². The van der Waals surface area contributed by atoms with Gasteiger partial charge in [0.15, 0.2) is 0 Å². The molecule has 0 aromatic heterocycles. The Hall–Kier alpha value is -2.33. The Morgan fingerprint density at radius 3 is 2.73 bits per heavy atom. The largest absolute Gasteiger partial charge is 0.494 e. The molecule has 4 heteroatoms. The van der Waals surface area contributed by atoms with E-state index in [1.165, 1.54) is 11.1 Å². The van der Waals surface area contributed by atoms with Gasteiger partial charge >= 0.3 is 0 Å². The van der Waals surface area contributed by atoms with Crippen LogP contribution in [0.25, 0.3) is 0 Å². The lowest BCUT2D eigenvalue weighted by Gasteiger charge is -2.26. The summed E-state index contributed by atoms with van der Waals surface area (Å²) < 4.78 is 11.5. The molecule has 0 spiro atoms. The number of benzene rings is 2. The predicted molar refractivity (Wildman–Crippen MR) is 103 cm³/mol. The molecule has 1 aliphatic rings. The van der Waals surface area contributed by atoms with Crippen LogP contribution >= 0.6 is 0 Å². The lowest BCUT2D eigenvalue weighted by Crippen LogP contribution is -2.31. The number of carbonyl (C=O) groups excluding carboxylic acids is 1. The Morgan fingerprint density at radius 1 is 1.19 bits per heavy atom. The molecule has 1 atom stereocenters. The highest BCUT2D eigenvalue weighted by Crippen LogP contribution is 2.26. The van der Waals surface area contributed by atoms with Crippen molar-refractivity contribution in [2.75, 3.05) is 19.8 Å².